The van der Waals surface area contributed by atoms with E-state index in [-0.39, 0.29) is 0 Å². The lowest BCUT2D eigenvalue weighted by molar-refractivity contribution is 0.416. The third kappa shape index (κ3) is 2.37. The van der Waals surface area contributed by atoms with Crippen LogP contribution in [0.3, 0.4) is 0 Å². The molecule has 2 rings (SSSR count). The summed E-state index contributed by atoms with van der Waals surface area (Å²) in [6.07, 6.45) is 1.67. The normalized spacial score (nSPS) is 10.1. The van der Waals surface area contributed by atoms with Crippen LogP contribution >= 0.6 is 0 Å². The first-order valence-electron chi connectivity index (χ1n) is 5.20. The van der Waals surface area contributed by atoms with E-state index in [0.717, 1.165) is 17.2 Å². The van der Waals surface area contributed by atoms with Crippen molar-refractivity contribution >= 4 is 5.69 Å². The van der Waals surface area contributed by atoms with Crippen LogP contribution in [0.1, 0.15) is 11.3 Å². The maximum Gasteiger partial charge on any atom is 0.141 e. The quantitative estimate of drug-likeness (QED) is 0.853. The van der Waals surface area contributed by atoms with E-state index in [2.05, 4.69) is 18.3 Å². The average molecular weight is 217 g/mol. The van der Waals surface area contributed by atoms with Gasteiger partial charge in [-0.05, 0) is 36.8 Å². The van der Waals surface area contributed by atoms with Gasteiger partial charge in [0, 0.05) is 0 Å². The second-order valence-corrected chi connectivity index (χ2v) is 3.64. The van der Waals surface area contributed by atoms with Gasteiger partial charge in [0.05, 0.1) is 25.6 Å². The second kappa shape index (κ2) is 4.75. The van der Waals surface area contributed by atoms with Gasteiger partial charge in [-0.3, -0.25) is 0 Å². The standard InChI is InChI=1S/C13H15NO2/c1-10-5-6-13(15-2)12(8-10)14-9-11-4-3-7-16-11/h3-8,14H,9H2,1-2H3. The van der Waals surface area contributed by atoms with Gasteiger partial charge < -0.3 is 14.5 Å². The Bertz CT molecular complexity index is 449. The number of benzene rings is 1. The third-order valence-electron chi connectivity index (χ3n) is 2.39. The molecule has 1 N–H and O–H groups in total. The Morgan fingerprint density at radius 1 is 1.31 bits per heavy atom. The Balaban J connectivity index is 2.11. The molecule has 0 bridgehead atoms. The predicted molar refractivity (Wildman–Crippen MR) is 63.8 cm³/mol. The second-order valence-electron chi connectivity index (χ2n) is 3.64. The minimum atomic E-state index is 0.660. The van der Waals surface area contributed by atoms with Crippen molar-refractivity contribution in [2.45, 2.75) is 13.5 Å². The maximum atomic E-state index is 5.28. The lowest BCUT2D eigenvalue weighted by Crippen LogP contribution is -2.00. The summed E-state index contributed by atoms with van der Waals surface area (Å²) in [6.45, 7) is 2.71. The number of furan rings is 1. The van der Waals surface area contributed by atoms with Crippen molar-refractivity contribution in [3.05, 3.63) is 47.9 Å². The zero-order valence-corrected chi connectivity index (χ0v) is 9.49. The fourth-order valence-electron chi connectivity index (χ4n) is 1.56. The van der Waals surface area contributed by atoms with Crippen LogP contribution in [0, 0.1) is 6.92 Å². The van der Waals surface area contributed by atoms with Crippen molar-refractivity contribution in [3.8, 4) is 5.75 Å². The van der Waals surface area contributed by atoms with E-state index in [1.165, 1.54) is 5.56 Å². The highest BCUT2D eigenvalue weighted by molar-refractivity contribution is 5.57. The number of methoxy groups -OCH3 is 1. The smallest absolute Gasteiger partial charge is 0.141 e. The van der Waals surface area contributed by atoms with E-state index in [0.29, 0.717) is 6.54 Å². The van der Waals surface area contributed by atoms with E-state index < -0.39 is 0 Å². The molecule has 0 atom stereocenters. The van der Waals surface area contributed by atoms with E-state index >= 15 is 0 Å². The Labute approximate surface area is 95.0 Å². The highest BCUT2D eigenvalue weighted by atomic mass is 16.5. The fourth-order valence-corrected chi connectivity index (χ4v) is 1.56. The van der Waals surface area contributed by atoms with Gasteiger partial charge in [-0.1, -0.05) is 6.07 Å². The SMILES string of the molecule is COc1ccc(C)cc1NCc1ccco1. The molecule has 0 saturated carbocycles. The molecule has 0 aliphatic heterocycles. The zero-order chi connectivity index (χ0) is 11.4. The molecule has 0 saturated heterocycles. The largest absolute Gasteiger partial charge is 0.495 e. The average Bonchev–Trinajstić information content (AvgIpc) is 2.79. The Morgan fingerprint density at radius 3 is 2.88 bits per heavy atom. The lowest BCUT2D eigenvalue weighted by Gasteiger charge is -2.10. The van der Waals surface area contributed by atoms with Crippen LogP contribution < -0.4 is 10.1 Å². The number of ether oxygens (including phenoxy) is 1. The minimum absolute atomic E-state index is 0.660. The molecule has 0 radical (unpaired) electrons. The molecule has 0 fully saturated rings. The summed E-state index contributed by atoms with van der Waals surface area (Å²) in [5, 5.41) is 3.29. The summed E-state index contributed by atoms with van der Waals surface area (Å²) in [6, 6.07) is 9.86. The monoisotopic (exact) mass is 217 g/mol. The molecule has 0 aliphatic carbocycles. The van der Waals surface area contributed by atoms with E-state index in [9.17, 15) is 0 Å². The first kappa shape index (κ1) is 10.6. The summed E-state index contributed by atoms with van der Waals surface area (Å²) in [4.78, 5) is 0. The van der Waals surface area contributed by atoms with E-state index in [1.54, 1.807) is 13.4 Å². The zero-order valence-electron chi connectivity index (χ0n) is 9.49. The Hall–Kier alpha value is -1.90. The number of hydrogen-bond acceptors (Lipinski definition) is 3. The van der Waals surface area contributed by atoms with Gasteiger partial charge in [0.2, 0.25) is 0 Å². The molecule has 0 amide bonds. The van der Waals surface area contributed by atoms with Crippen LogP contribution in [0.25, 0.3) is 0 Å². The van der Waals surface area contributed by atoms with Gasteiger partial charge in [0.15, 0.2) is 0 Å². The van der Waals surface area contributed by atoms with Crippen LogP contribution in [0.15, 0.2) is 41.0 Å². The highest BCUT2D eigenvalue weighted by Gasteiger charge is 2.03. The summed E-state index contributed by atoms with van der Waals surface area (Å²) in [5.74, 6) is 1.75. The summed E-state index contributed by atoms with van der Waals surface area (Å²) in [5.41, 5.74) is 2.18. The van der Waals surface area contributed by atoms with Crippen LogP contribution in [0.2, 0.25) is 0 Å². The van der Waals surface area contributed by atoms with Crippen LogP contribution in [0.4, 0.5) is 5.69 Å². The van der Waals surface area contributed by atoms with Crippen LogP contribution in [-0.4, -0.2) is 7.11 Å². The Kier molecular flexibility index (Phi) is 3.15. The van der Waals surface area contributed by atoms with Crippen LogP contribution in [-0.2, 0) is 6.54 Å². The van der Waals surface area contributed by atoms with Crippen molar-refractivity contribution < 1.29 is 9.15 Å². The van der Waals surface area contributed by atoms with Crippen molar-refractivity contribution in [2.75, 3.05) is 12.4 Å². The first-order chi connectivity index (χ1) is 7.79. The van der Waals surface area contributed by atoms with E-state index in [4.69, 9.17) is 9.15 Å². The lowest BCUT2D eigenvalue weighted by atomic mass is 10.2. The highest BCUT2D eigenvalue weighted by Crippen LogP contribution is 2.25. The summed E-state index contributed by atoms with van der Waals surface area (Å²) in [7, 11) is 1.67. The predicted octanol–water partition coefficient (Wildman–Crippen LogP) is 3.21. The number of nitrogens with one attached hydrogen (secondary N) is 1. The number of rotatable bonds is 4. The molecule has 0 unspecified atom stereocenters. The molecular weight excluding hydrogens is 202 g/mol. The van der Waals surface area contributed by atoms with Crippen molar-refractivity contribution in [1.82, 2.24) is 0 Å². The van der Waals surface area contributed by atoms with E-state index in [1.807, 2.05) is 24.3 Å². The van der Waals surface area contributed by atoms with Gasteiger partial charge in [-0.25, -0.2) is 0 Å². The van der Waals surface area contributed by atoms with Crippen molar-refractivity contribution in [2.24, 2.45) is 0 Å². The molecule has 2 aromatic rings. The van der Waals surface area contributed by atoms with Gasteiger partial charge in [0.25, 0.3) is 0 Å². The summed E-state index contributed by atoms with van der Waals surface area (Å²) < 4.78 is 10.5. The van der Waals surface area contributed by atoms with Crippen molar-refractivity contribution in [3.63, 3.8) is 0 Å². The molecule has 0 spiro atoms. The van der Waals surface area contributed by atoms with Gasteiger partial charge in [0.1, 0.15) is 11.5 Å². The maximum absolute atomic E-state index is 5.28. The number of hydrogen-bond donors (Lipinski definition) is 1. The first-order valence-corrected chi connectivity index (χ1v) is 5.20. The third-order valence-corrected chi connectivity index (χ3v) is 2.39. The fraction of sp³-hybridized carbons (Fsp3) is 0.231. The van der Waals surface area contributed by atoms with Gasteiger partial charge in [-0.15, -0.1) is 0 Å². The molecule has 1 aromatic carbocycles. The minimum Gasteiger partial charge on any atom is -0.495 e. The number of anilines is 1. The molecule has 0 aliphatic rings. The van der Waals surface area contributed by atoms with Gasteiger partial charge >= 0.3 is 0 Å². The molecule has 16 heavy (non-hydrogen) atoms. The molecule has 84 valence electrons. The van der Waals surface area contributed by atoms with Crippen molar-refractivity contribution in [1.29, 1.82) is 0 Å². The molecule has 3 heteroatoms. The van der Waals surface area contributed by atoms with Crippen LogP contribution in [0.5, 0.6) is 5.75 Å². The summed E-state index contributed by atoms with van der Waals surface area (Å²) >= 11 is 0. The molecule has 1 heterocycles. The van der Waals surface area contributed by atoms with Gasteiger partial charge in [-0.2, -0.15) is 0 Å². The molecular formula is C13H15NO2. The topological polar surface area (TPSA) is 34.4 Å². The molecule has 3 nitrogen and oxygen atoms in total. The Morgan fingerprint density at radius 2 is 2.19 bits per heavy atom. The number of aryl methyl sites for hydroxylation is 1. The molecule has 1 aromatic heterocycles.